The van der Waals surface area contributed by atoms with Gasteiger partial charge in [-0.05, 0) is 85.8 Å². The summed E-state index contributed by atoms with van der Waals surface area (Å²) in [5, 5.41) is 3.60. The number of ether oxygens (including phenoxy) is 1. The lowest BCUT2D eigenvalue weighted by Gasteiger charge is -2.32. The van der Waals surface area contributed by atoms with Crippen LogP contribution in [-0.2, 0) is 11.3 Å². The third kappa shape index (κ3) is 6.14. The molecule has 0 aliphatic carbocycles. The average Bonchev–Trinajstić information content (AvgIpc) is 2.82. The number of aryl methyl sites for hydroxylation is 2. The number of rotatable bonds is 6. The monoisotopic (exact) mass is 477 g/mol. The van der Waals surface area contributed by atoms with E-state index in [1.54, 1.807) is 35.4 Å². The molecule has 2 heterocycles. The van der Waals surface area contributed by atoms with Crippen molar-refractivity contribution in [2.75, 3.05) is 13.1 Å². The summed E-state index contributed by atoms with van der Waals surface area (Å²) in [4.78, 5) is 31.7. The van der Waals surface area contributed by atoms with Crippen LogP contribution in [0.25, 0.3) is 0 Å². The number of hydrogen-bond donors (Lipinski definition) is 1. The molecule has 2 aromatic carbocycles. The largest absolute Gasteiger partial charge is 0.439 e. The lowest BCUT2D eigenvalue weighted by atomic mass is 9.96. The highest BCUT2D eigenvalue weighted by Crippen LogP contribution is 2.23. The van der Waals surface area contributed by atoms with E-state index in [9.17, 15) is 9.59 Å². The Bertz CT molecular complexity index is 1160. The zero-order chi connectivity index (χ0) is 24.1. The molecule has 1 fully saturated rings. The van der Waals surface area contributed by atoms with Gasteiger partial charge < -0.3 is 15.0 Å². The van der Waals surface area contributed by atoms with Gasteiger partial charge in [-0.1, -0.05) is 17.7 Å². The van der Waals surface area contributed by atoms with E-state index in [1.165, 1.54) is 0 Å². The number of aromatic nitrogens is 1. The molecule has 1 N–H and O–H groups in total. The molecular formula is C27H28ClN3O3. The van der Waals surface area contributed by atoms with Crippen LogP contribution in [0.3, 0.4) is 0 Å². The van der Waals surface area contributed by atoms with Crippen LogP contribution >= 0.6 is 11.6 Å². The smallest absolute Gasteiger partial charge is 0.253 e. The molecule has 0 bridgehead atoms. The summed E-state index contributed by atoms with van der Waals surface area (Å²) in [5.74, 6) is 0.851. The van der Waals surface area contributed by atoms with Gasteiger partial charge in [0.2, 0.25) is 11.8 Å². The third-order valence-electron chi connectivity index (χ3n) is 5.85. The van der Waals surface area contributed by atoms with Gasteiger partial charge in [0.05, 0.1) is 5.92 Å². The number of piperidine rings is 1. The zero-order valence-corrected chi connectivity index (χ0v) is 20.1. The van der Waals surface area contributed by atoms with E-state index in [2.05, 4.69) is 16.4 Å². The summed E-state index contributed by atoms with van der Waals surface area (Å²) >= 11 is 5.93. The second-order valence-corrected chi connectivity index (χ2v) is 9.18. The minimum atomic E-state index is -0.238. The highest BCUT2D eigenvalue weighted by Gasteiger charge is 2.28. The van der Waals surface area contributed by atoms with Crippen LogP contribution in [0.15, 0.2) is 60.8 Å². The molecule has 1 aliphatic heterocycles. The lowest BCUT2D eigenvalue weighted by molar-refractivity contribution is -0.126. The highest BCUT2D eigenvalue weighted by atomic mass is 35.5. The van der Waals surface area contributed by atoms with Crippen molar-refractivity contribution in [2.24, 2.45) is 5.92 Å². The molecule has 4 rings (SSSR count). The summed E-state index contributed by atoms with van der Waals surface area (Å²) in [6, 6.07) is 16.5. The summed E-state index contributed by atoms with van der Waals surface area (Å²) in [7, 11) is 0. The fourth-order valence-electron chi connectivity index (χ4n) is 4.21. The molecule has 0 saturated carbocycles. The number of nitrogens with zero attached hydrogens (tertiary/aromatic N) is 2. The maximum absolute atomic E-state index is 12.9. The molecule has 2 amide bonds. The van der Waals surface area contributed by atoms with Crippen LogP contribution in [0, 0.1) is 19.8 Å². The van der Waals surface area contributed by atoms with E-state index in [4.69, 9.17) is 16.3 Å². The Balaban J connectivity index is 1.33. The van der Waals surface area contributed by atoms with Gasteiger partial charge in [-0.3, -0.25) is 9.59 Å². The van der Waals surface area contributed by atoms with Gasteiger partial charge in [0.1, 0.15) is 5.75 Å². The first-order valence-corrected chi connectivity index (χ1v) is 11.8. The van der Waals surface area contributed by atoms with Gasteiger partial charge in [-0.15, -0.1) is 0 Å². The molecular weight excluding hydrogens is 450 g/mol. The SMILES string of the molecule is Cc1cc(C)cc(Oc2cc(CNC(=O)C3CCCN(C(=O)c4ccc(Cl)cc4)C3)ccn2)c1. The van der Waals surface area contributed by atoms with Crippen molar-refractivity contribution >= 4 is 23.4 Å². The molecule has 1 unspecified atom stereocenters. The Hall–Kier alpha value is -3.38. The van der Waals surface area contributed by atoms with Crippen LogP contribution in [-0.4, -0.2) is 34.8 Å². The molecule has 6 nitrogen and oxygen atoms in total. The van der Waals surface area contributed by atoms with Crippen LogP contribution in [0.4, 0.5) is 0 Å². The third-order valence-corrected chi connectivity index (χ3v) is 6.11. The van der Waals surface area contributed by atoms with Crippen molar-refractivity contribution in [1.82, 2.24) is 15.2 Å². The van der Waals surface area contributed by atoms with Gasteiger partial charge in [-0.25, -0.2) is 4.98 Å². The van der Waals surface area contributed by atoms with Gasteiger partial charge in [0, 0.05) is 42.5 Å². The number of nitrogens with one attached hydrogen (secondary N) is 1. The number of amides is 2. The topological polar surface area (TPSA) is 71.5 Å². The van der Waals surface area contributed by atoms with E-state index >= 15 is 0 Å². The number of likely N-dealkylation sites (tertiary alicyclic amines) is 1. The van der Waals surface area contributed by atoms with Crippen LogP contribution < -0.4 is 10.1 Å². The molecule has 3 aromatic rings. The first kappa shape index (κ1) is 23.8. The van der Waals surface area contributed by atoms with E-state index in [-0.39, 0.29) is 17.7 Å². The van der Waals surface area contributed by atoms with Crippen molar-refractivity contribution < 1.29 is 14.3 Å². The van der Waals surface area contributed by atoms with Crippen molar-refractivity contribution in [3.05, 3.63) is 88.1 Å². The van der Waals surface area contributed by atoms with Crippen molar-refractivity contribution in [1.29, 1.82) is 0 Å². The summed E-state index contributed by atoms with van der Waals surface area (Å²) in [5.41, 5.74) is 3.72. The quantitative estimate of drug-likeness (QED) is 0.522. The molecule has 1 aliphatic rings. The predicted octanol–water partition coefficient (Wildman–Crippen LogP) is 5.31. The van der Waals surface area contributed by atoms with Crippen LogP contribution in [0.1, 0.15) is 39.9 Å². The molecule has 7 heteroatoms. The van der Waals surface area contributed by atoms with Crippen LogP contribution in [0.5, 0.6) is 11.6 Å². The fourth-order valence-corrected chi connectivity index (χ4v) is 4.34. The number of halogens is 1. The number of carbonyl (C=O) groups excluding carboxylic acids is 2. The van der Waals surface area contributed by atoms with Gasteiger partial charge in [0.25, 0.3) is 5.91 Å². The molecule has 1 atom stereocenters. The Morgan fingerprint density at radius 2 is 1.82 bits per heavy atom. The number of pyridine rings is 1. The molecule has 0 spiro atoms. The van der Waals surface area contributed by atoms with E-state index < -0.39 is 0 Å². The molecule has 1 saturated heterocycles. The first-order chi connectivity index (χ1) is 16.4. The Morgan fingerprint density at radius 1 is 1.09 bits per heavy atom. The maximum atomic E-state index is 12.9. The second kappa shape index (κ2) is 10.7. The molecule has 176 valence electrons. The standard InChI is InChI=1S/C27H28ClN3O3/c1-18-12-19(2)14-24(13-18)34-25-15-20(9-10-29-25)16-30-26(32)22-4-3-11-31(17-22)27(33)21-5-7-23(28)8-6-21/h5-10,12-15,22H,3-4,11,16-17H2,1-2H3,(H,30,32). The van der Waals surface area contributed by atoms with Gasteiger partial charge >= 0.3 is 0 Å². The highest BCUT2D eigenvalue weighted by molar-refractivity contribution is 6.30. The lowest BCUT2D eigenvalue weighted by Crippen LogP contribution is -2.45. The first-order valence-electron chi connectivity index (χ1n) is 11.4. The fraction of sp³-hybridized carbons (Fsp3) is 0.296. The minimum Gasteiger partial charge on any atom is -0.439 e. The van der Waals surface area contributed by atoms with E-state index in [1.807, 2.05) is 38.1 Å². The number of benzene rings is 2. The summed E-state index contributed by atoms with van der Waals surface area (Å²) < 4.78 is 5.92. The Kier molecular flexibility index (Phi) is 7.48. The number of hydrogen-bond acceptors (Lipinski definition) is 4. The normalized spacial score (nSPS) is 15.6. The van der Waals surface area contributed by atoms with Crippen molar-refractivity contribution in [3.8, 4) is 11.6 Å². The van der Waals surface area contributed by atoms with Crippen molar-refractivity contribution in [3.63, 3.8) is 0 Å². The van der Waals surface area contributed by atoms with Gasteiger partial charge in [0.15, 0.2) is 0 Å². The van der Waals surface area contributed by atoms with Crippen LogP contribution in [0.2, 0.25) is 5.02 Å². The predicted molar refractivity (Wildman–Crippen MR) is 132 cm³/mol. The van der Waals surface area contributed by atoms with E-state index in [0.717, 1.165) is 35.3 Å². The Labute approximate surface area is 204 Å². The average molecular weight is 478 g/mol. The van der Waals surface area contributed by atoms with E-state index in [0.29, 0.717) is 36.1 Å². The summed E-state index contributed by atoms with van der Waals surface area (Å²) in [6.07, 6.45) is 3.22. The second-order valence-electron chi connectivity index (χ2n) is 8.74. The van der Waals surface area contributed by atoms with Crippen molar-refractivity contribution in [2.45, 2.75) is 33.2 Å². The zero-order valence-electron chi connectivity index (χ0n) is 19.4. The molecule has 1 aromatic heterocycles. The number of carbonyl (C=O) groups is 2. The summed E-state index contributed by atoms with van der Waals surface area (Å²) in [6.45, 7) is 5.47. The maximum Gasteiger partial charge on any atom is 0.253 e. The molecule has 34 heavy (non-hydrogen) atoms. The Morgan fingerprint density at radius 3 is 2.56 bits per heavy atom. The minimum absolute atomic E-state index is 0.0535. The molecule has 0 radical (unpaired) electrons. The van der Waals surface area contributed by atoms with Gasteiger partial charge in [-0.2, -0.15) is 0 Å².